The van der Waals surface area contributed by atoms with E-state index in [9.17, 15) is 4.79 Å². The highest BCUT2D eigenvalue weighted by atomic mass is 16.1. The standard InChI is InChI=1S/C13H15N3O/c14-10-3-1-9(2-4-10)13(17)16-12-7-5-11(15)6-8-12/h1,3-9H,2,14-15H2,(H,16,17). The van der Waals surface area contributed by atoms with Gasteiger partial charge >= 0.3 is 0 Å². The van der Waals surface area contributed by atoms with Crippen LogP contribution in [0, 0.1) is 5.92 Å². The maximum atomic E-state index is 11.9. The number of allylic oxidation sites excluding steroid dienone is 2. The lowest BCUT2D eigenvalue weighted by atomic mass is 9.98. The molecule has 0 spiro atoms. The minimum Gasteiger partial charge on any atom is -0.399 e. The Morgan fingerprint density at radius 3 is 2.53 bits per heavy atom. The summed E-state index contributed by atoms with van der Waals surface area (Å²) < 4.78 is 0. The van der Waals surface area contributed by atoms with Gasteiger partial charge in [0.15, 0.2) is 0 Å². The Morgan fingerprint density at radius 2 is 1.94 bits per heavy atom. The van der Waals surface area contributed by atoms with E-state index in [1.54, 1.807) is 30.3 Å². The molecule has 5 N–H and O–H groups in total. The van der Waals surface area contributed by atoms with Gasteiger partial charge in [0, 0.05) is 17.1 Å². The highest BCUT2D eigenvalue weighted by Gasteiger charge is 2.16. The molecule has 1 amide bonds. The molecule has 1 atom stereocenters. The minimum atomic E-state index is -0.153. The Balaban J connectivity index is 1.98. The van der Waals surface area contributed by atoms with E-state index in [0.717, 1.165) is 5.69 Å². The van der Waals surface area contributed by atoms with Crippen LogP contribution in [0.2, 0.25) is 0 Å². The van der Waals surface area contributed by atoms with Gasteiger partial charge < -0.3 is 16.8 Å². The van der Waals surface area contributed by atoms with Crippen molar-refractivity contribution in [1.29, 1.82) is 0 Å². The molecular formula is C13H15N3O. The minimum absolute atomic E-state index is 0.0326. The summed E-state index contributed by atoms with van der Waals surface area (Å²) >= 11 is 0. The fourth-order valence-electron chi connectivity index (χ4n) is 1.63. The van der Waals surface area contributed by atoms with Crippen LogP contribution in [0.1, 0.15) is 6.42 Å². The van der Waals surface area contributed by atoms with Crippen LogP contribution in [0.4, 0.5) is 11.4 Å². The normalized spacial score (nSPS) is 18.6. The zero-order chi connectivity index (χ0) is 12.3. The number of hydrogen-bond donors (Lipinski definition) is 3. The van der Waals surface area contributed by atoms with Crippen molar-refractivity contribution in [1.82, 2.24) is 0 Å². The molecule has 1 unspecified atom stereocenters. The van der Waals surface area contributed by atoms with Crippen LogP contribution in [0.5, 0.6) is 0 Å². The fraction of sp³-hybridized carbons (Fsp3) is 0.154. The number of carbonyl (C=O) groups is 1. The number of nitrogens with one attached hydrogen (secondary N) is 1. The quantitative estimate of drug-likeness (QED) is 0.674. The Bertz CT molecular complexity index is 474. The van der Waals surface area contributed by atoms with Crippen LogP contribution in [-0.4, -0.2) is 5.91 Å². The number of carbonyl (C=O) groups excluding carboxylic acids is 1. The van der Waals surface area contributed by atoms with E-state index in [0.29, 0.717) is 17.8 Å². The Kier molecular flexibility index (Phi) is 3.14. The zero-order valence-electron chi connectivity index (χ0n) is 9.39. The van der Waals surface area contributed by atoms with Gasteiger partial charge in [-0.3, -0.25) is 4.79 Å². The van der Waals surface area contributed by atoms with Gasteiger partial charge in [-0.15, -0.1) is 0 Å². The van der Waals surface area contributed by atoms with Crippen molar-refractivity contribution in [3.05, 3.63) is 48.2 Å². The topological polar surface area (TPSA) is 81.1 Å². The van der Waals surface area contributed by atoms with Gasteiger partial charge in [0.05, 0.1) is 5.92 Å². The van der Waals surface area contributed by atoms with E-state index < -0.39 is 0 Å². The zero-order valence-corrected chi connectivity index (χ0v) is 9.39. The Labute approximate surface area is 100.0 Å². The molecular weight excluding hydrogens is 214 g/mol. The summed E-state index contributed by atoms with van der Waals surface area (Å²) in [6.07, 6.45) is 6.08. The average Bonchev–Trinajstić information content (AvgIpc) is 2.33. The summed E-state index contributed by atoms with van der Waals surface area (Å²) in [6, 6.07) is 7.07. The maximum Gasteiger partial charge on any atom is 0.231 e. The molecule has 4 heteroatoms. The molecule has 0 aromatic heterocycles. The second kappa shape index (κ2) is 4.74. The molecule has 0 bridgehead atoms. The summed E-state index contributed by atoms with van der Waals surface area (Å²) in [5.74, 6) is -0.186. The first-order valence-electron chi connectivity index (χ1n) is 5.45. The second-order valence-electron chi connectivity index (χ2n) is 4.02. The van der Waals surface area contributed by atoms with Crippen LogP contribution in [0.15, 0.2) is 48.2 Å². The molecule has 0 saturated heterocycles. The van der Waals surface area contributed by atoms with Crippen LogP contribution >= 0.6 is 0 Å². The average molecular weight is 229 g/mol. The highest BCUT2D eigenvalue weighted by Crippen LogP contribution is 2.17. The van der Waals surface area contributed by atoms with Crippen molar-refractivity contribution in [2.75, 3.05) is 11.1 Å². The summed E-state index contributed by atoms with van der Waals surface area (Å²) in [5, 5.41) is 2.84. The number of amides is 1. The third kappa shape index (κ3) is 2.87. The number of nitrogens with two attached hydrogens (primary N) is 2. The van der Waals surface area contributed by atoms with Crippen molar-refractivity contribution in [3.8, 4) is 0 Å². The van der Waals surface area contributed by atoms with Crippen molar-refractivity contribution < 1.29 is 4.79 Å². The first kappa shape index (κ1) is 11.3. The summed E-state index contributed by atoms with van der Waals surface area (Å²) in [7, 11) is 0. The lowest BCUT2D eigenvalue weighted by Crippen LogP contribution is -2.22. The molecule has 1 aromatic rings. The molecule has 0 saturated carbocycles. The van der Waals surface area contributed by atoms with E-state index in [2.05, 4.69) is 5.32 Å². The Hall–Kier alpha value is -2.23. The van der Waals surface area contributed by atoms with Gasteiger partial charge in [-0.2, -0.15) is 0 Å². The molecule has 4 nitrogen and oxygen atoms in total. The fourth-order valence-corrected chi connectivity index (χ4v) is 1.63. The van der Waals surface area contributed by atoms with E-state index in [-0.39, 0.29) is 11.8 Å². The third-order valence-corrected chi connectivity index (χ3v) is 2.64. The predicted molar refractivity (Wildman–Crippen MR) is 69.0 cm³/mol. The summed E-state index contributed by atoms with van der Waals surface area (Å²) in [6.45, 7) is 0. The first-order chi connectivity index (χ1) is 8.15. The Morgan fingerprint density at radius 1 is 1.24 bits per heavy atom. The van der Waals surface area contributed by atoms with Crippen molar-refractivity contribution >= 4 is 17.3 Å². The van der Waals surface area contributed by atoms with Gasteiger partial charge in [-0.05, 0) is 36.8 Å². The largest absolute Gasteiger partial charge is 0.399 e. The number of anilines is 2. The van der Waals surface area contributed by atoms with Crippen molar-refractivity contribution in [2.45, 2.75) is 6.42 Å². The summed E-state index contributed by atoms with van der Waals surface area (Å²) in [5.41, 5.74) is 13.3. The van der Waals surface area contributed by atoms with Crippen molar-refractivity contribution in [3.63, 3.8) is 0 Å². The molecule has 88 valence electrons. The lowest BCUT2D eigenvalue weighted by molar-refractivity contribution is -0.118. The van der Waals surface area contributed by atoms with Crippen LogP contribution < -0.4 is 16.8 Å². The molecule has 0 aliphatic heterocycles. The molecule has 1 aliphatic rings. The highest BCUT2D eigenvalue weighted by molar-refractivity contribution is 5.94. The first-order valence-corrected chi connectivity index (χ1v) is 5.45. The van der Waals surface area contributed by atoms with Gasteiger partial charge in [-0.25, -0.2) is 0 Å². The number of hydrogen-bond acceptors (Lipinski definition) is 3. The smallest absolute Gasteiger partial charge is 0.231 e. The van der Waals surface area contributed by atoms with Crippen LogP contribution in [0.3, 0.4) is 0 Å². The van der Waals surface area contributed by atoms with Gasteiger partial charge in [0.25, 0.3) is 0 Å². The van der Waals surface area contributed by atoms with Crippen molar-refractivity contribution in [2.24, 2.45) is 11.7 Å². The van der Waals surface area contributed by atoms with Crippen LogP contribution in [0.25, 0.3) is 0 Å². The molecule has 0 radical (unpaired) electrons. The molecule has 0 heterocycles. The molecule has 2 rings (SSSR count). The number of rotatable bonds is 2. The number of nitrogen functional groups attached to an aromatic ring is 1. The van der Waals surface area contributed by atoms with E-state index in [4.69, 9.17) is 11.5 Å². The molecule has 0 fully saturated rings. The SMILES string of the molecule is NC1=CCC(C(=O)Nc2ccc(N)cc2)C=C1. The van der Waals surface area contributed by atoms with Gasteiger partial charge in [0.1, 0.15) is 0 Å². The summed E-state index contributed by atoms with van der Waals surface area (Å²) in [4.78, 5) is 11.9. The second-order valence-corrected chi connectivity index (χ2v) is 4.02. The van der Waals surface area contributed by atoms with E-state index in [1.807, 2.05) is 12.2 Å². The van der Waals surface area contributed by atoms with Gasteiger partial charge in [-0.1, -0.05) is 12.2 Å². The van der Waals surface area contributed by atoms with Gasteiger partial charge in [0.2, 0.25) is 5.91 Å². The monoisotopic (exact) mass is 229 g/mol. The molecule has 1 aromatic carbocycles. The van der Waals surface area contributed by atoms with E-state index >= 15 is 0 Å². The lowest BCUT2D eigenvalue weighted by Gasteiger charge is -2.14. The number of benzene rings is 1. The maximum absolute atomic E-state index is 11.9. The predicted octanol–water partition coefficient (Wildman–Crippen LogP) is 1.63. The van der Waals surface area contributed by atoms with Crippen LogP contribution in [-0.2, 0) is 4.79 Å². The van der Waals surface area contributed by atoms with E-state index in [1.165, 1.54) is 0 Å². The molecule has 1 aliphatic carbocycles. The third-order valence-electron chi connectivity index (χ3n) is 2.64. The molecule has 17 heavy (non-hydrogen) atoms.